The number of hydrogen-bond donors (Lipinski definition) is 2. The van der Waals surface area contributed by atoms with Crippen molar-refractivity contribution in [3.63, 3.8) is 0 Å². The van der Waals surface area contributed by atoms with Crippen molar-refractivity contribution < 1.29 is 4.79 Å². The summed E-state index contributed by atoms with van der Waals surface area (Å²) in [6, 6.07) is 4.74. The molecular formula is C9H10N4O. The molecule has 0 aliphatic rings. The van der Waals surface area contributed by atoms with Gasteiger partial charge in [0, 0.05) is 6.20 Å². The quantitative estimate of drug-likeness (QED) is 0.714. The lowest BCUT2D eigenvalue weighted by Gasteiger charge is -2.11. The molecule has 0 saturated carbocycles. The molecule has 0 saturated heterocycles. The summed E-state index contributed by atoms with van der Waals surface area (Å²) in [5, 5.41) is 11.5. The number of nitrogens with zero attached hydrogens (tertiary/aromatic N) is 2. The summed E-state index contributed by atoms with van der Waals surface area (Å²) in [7, 11) is 0. The predicted octanol–water partition coefficient (Wildman–Crippen LogP) is 0.239. The molecule has 0 fully saturated rings. The van der Waals surface area contributed by atoms with Gasteiger partial charge in [-0.25, -0.2) is 4.98 Å². The van der Waals surface area contributed by atoms with Gasteiger partial charge in [0.05, 0.1) is 5.69 Å². The first-order valence-corrected chi connectivity index (χ1v) is 4.06. The molecule has 1 aromatic rings. The number of nitrogens with two attached hydrogens (primary N) is 1. The van der Waals surface area contributed by atoms with E-state index in [4.69, 9.17) is 11.0 Å². The molecule has 5 nitrogen and oxygen atoms in total. The van der Waals surface area contributed by atoms with Gasteiger partial charge >= 0.3 is 0 Å². The Kier molecular flexibility index (Phi) is 3.02. The van der Waals surface area contributed by atoms with Crippen LogP contribution in [0.5, 0.6) is 0 Å². The Hall–Kier alpha value is -2.09. The van der Waals surface area contributed by atoms with Crippen molar-refractivity contribution in [2.24, 2.45) is 5.73 Å². The molecule has 1 atom stereocenters. The Morgan fingerprint density at radius 1 is 1.79 bits per heavy atom. The molecule has 1 amide bonds. The number of amides is 1. The fourth-order valence-electron chi connectivity index (χ4n) is 0.915. The van der Waals surface area contributed by atoms with Crippen LogP contribution in [0.2, 0.25) is 0 Å². The van der Waals surface area contributed by atoms with Crippen LogP contribution in [0.15, 0.2) is 18.3 Å². The van der Waals surface area contributed by atoms with Gasteiger partial charge in [0.2, 0.25) is 5.91 Å². The van der Waals surface area contributed by atoms with Gasteiger partial charge in [0.25, 0.3) is 0 Å². The Bertz CT molecular complexity index is 383. The Labute approximate surface area is 81.6 Å². The number of carbonyl (C=O) groups is 1. The number of anilines is 1. The Morgan fingerprint density at radius 3 is 3.07 bits per heavy atom. The standard InChI is InChI=1S/C9H10N4O/c1-6(9(11)14)13-7-3-2-4-12-8(7)5-10/h2-4,6,13H,1H3,(H2,11,14). The van der Waals surface area contributed by atoms with Gasteiger partial charge in [-0.15, -0.1) is 0 Å². The Balaban J connectivity index is 2.87. The van der Waals surface area contributed by atoms with Crippen LogP contribution in [0.3, 0.4) is 0 Å². The molecule has 0 aliphatic carbocycles. The maximum atomic E-state index is 10.8. The normalized spacial score (nSPS) is 11.4. The Morgan fingerprint density at radius 2 is 2.50 bits per heavy atom. The molecule has 0 spiro atoms. The van der Waals surface area contributed by atoms with Gasteiger partial charge in [-0.3, -0.25) is 4.79 Å². The van der Waals surface area contributed by atoms with Crippen LogP contribution in [-0.2, 0) is 4.79 Å². The van der Waals surface area contributed by atoms with Crippen LogP contribution in [-0.4, -0.2) is 16.9 Å². The molecule has 14 heavy (non-hydrogen) atoms. The first-order valence-electron chi connectivity index (χ1n) is 4.06. The van der Waals surface area contributed by atoms with E-state index in [-0.39, 0.29) is 5.69 Å². The molecule has 1 rings (SSSR count). The minimum absolute atomic E-state index is 0.251. The summed E-state index contributed by atoms with van der Waals surface area (Å²) in [5.41, 5.74) is 5.84. The number of rotatable bonds is 3. The predicted molar refractivity (Wildman–Crippen MR) is 51.2 cm³/mol. The maximum Gasteiger partial charge on any atom is 0.239 e. The molecule has 5 heteroatoms. The fourth-order valence-corrected chi connectivity index (χ4v) is 0.915. The van der Waals surface area contributed by atoms with Crippen LogP contribution in [0, 0.1) is 11.3 Å². The molecule has 0 bridgehead atoms. The van der Waals surface area contributed by atoms with E-state index >= 15 is 0 Å². The summed E-state index contributed by atoms with van der Waals surface area (Å²) in [5.74, 6) is -0.474. The lowest BCUT2D eigenvalue weighted by Crippen LogP contribution is -2.32. The third-order valence-electron chi connectivity index (χ3n) is 1.71. The van der Waals surface area contributed by atoms with Crippen molar-refractivity contribution in [3.05, 3.63) is 24.0 Å². The number of nitriles is 1. The molecule has 1 heterocycles. The summed E-state index contributed by atoms with van der Waals surface area (Å²) in [4.78, 5) is 14.6. The van der Waals surface area contributed by atoms with E-state index in [1.165, 1.54) is 6.20 Å². The third kappa shape index (κ3) is 2.20. The zero-order valence-corrected chi connectivity index (χ0v) is 7.69. The smallest absolute Gasteiger partial charge is 0.239 e. The summed E-state index contributed by atoms with van der Waals surface area (Å²) < 4.78 is 0. The molecule has 0 radical (unpaired) electrons. The van der Waals surface area contributed by atoms with E-state index in [2.05, 4.69) is 10.3 Å². The number of pyridine rings is 1. The van der Waals surface area contributed by atoms with Crippen LogP contribution >= 0.6 is 0 Å². The number of nitrogens with one attached hydrogen (secondary N) is 1. The zero-order chi connectivity index (χ0) is 10.6. The second-order valence-corrected chi connectivity index (χ2v) is 2.78. The van der Waals surface area contributed by atoms with Crippen molar-refractivity contribution in [3.8, 4) is 6.07 Å². The van der Waals surface area contributed by atoms with E-state index < -0.39 is 11.9 Å². The monoisotopic (exact) mass is 190 g/mol. The van der Waals surface area contributed by atoms with Gasteiger partial charge in [0.1, 0.15) is 12.1 Å². The van der Waals surface area contributed by atoms with Crippen LogP contribution < -0.4 is 11.1 Å². The van der Waals surface area contributed by atoms with Gasteiger partial charge < -0.3 is 11.1 Å². The van der Waals surface area contributed by atoms with Crippen LogP contribution in [0.1, 0.15) is 12.6 Å². The summed E-state index contributed by atoms with van der Waals surface area (Å²) >= 11 is 0. The topological polar surface area (TPSA) is 91.8 Å². The minimum atomic E-state index is -0.522. The second kappa shape index (κ2) is 4.23. The SMILES string of the molecule is CC(Nc1cccnc1C#N)C(N)=O. The zero-order valence-electron chi connectivity index (χ0n) is 7.69. The van der Waals surface area contributed by atoms with E-state index in [0.29, 0.717) is 5.69 Å². The van der Waals surface area contributed by atoms with E-state index in [1.54, 1.807) is 19.1 Å². The average molecular weight is 190 g/mol. The highest BCUT2D eigenvalue weighted by Gasteiger charge is 2.10. The van der Waals surface area contributed by atoms with Crippen molar-refractivity contribution in [1.29, 1.82) is 5.26 Å². The summed E-state index contributed by atoms with van der Waals surface area (Å²) in [6.45, 7) is 1.62. The highest BCUT2D eigenvalue weighted by molar-refractivity contribution is 5.82. The van der Waals surface area contributed by atoms with E-state index in [1.807, 2.05) is 6.07 Å². The lowest BCUT2D eigenvalue weighted by molar-refractivity contribution is -0.118. The average Bonchev–Trinajstić information content (AvgIpc) is 2.18. The third-order valence-corrected chi connectivity index (χ3v) is 1.71. The fraction of sp³-hybridized carbons (Fsp3) is 0.222. The van der Waals surface area contributed by atoms with E-state index in [9.17, 15) is 4.79 Å². The highest BCUT2D eigenvalue weighted by atomic mass is 16.1. The van der Waals surface area contributed by atoms with Crippen molar-refractivity contribution in [2.45, 2.75) is 13.0 Å². The first-order chi connectivity index (χ1) is 6.65. The van der Waals surface area contributed by atoms with Crippen molar-refractivity contribution in [2.75, 3.05) is 5.32 Å². The molecule has 1 aromatic heterocycles. The molecule has 0 aliphatic heterocycles. The van der Waals surface area contributed by atoms with Gasteiger partial charge in [-0.1, -0.05) is 0 Å². The van der Waals surface area contributed by atoms with Gasteiger partial charge in [-0.05, 0) is 19.1 Å². The number of primary amides is 1. The number of aromatic nitrogens is 1. The van der Waals surface area contributed by atoms with Gasteiger partial charge in [0.15, 0.2) is 5.69 Å². The highest BCUT2D eigenvalue weighted by Crippen LogP contribution is 2.11. The van der Waals surface area contributed by atoms with Gasteiger partial charge in [-0.2, -0.15) is 5.26 Å². The first kappa shape index (κ1) is 9.99. The van der Waals surface area contributed by atoms with Crippen molar-refractivity contribution in [1.82, 2.24) is 4.98 Å². The molecular weight excluding hydrogens is 180 g/mol. The van der Waals surface area contributed by atoms with Crippen LogP contribution in [0.25, 0.3) is 0 Å². The van der Waals surface area contributed by atoms with Crippen LogP contribution in [0.4, 0.5) is 5.69 Å². The minimum Gasteiger partial charge on any atom is -0.372 e. The number of hydrogen-bond acceptors (Lipinski definition) is 4. The molecule has 72 valence electrons. The van der Waals surface area contributed by atoms with E-state index in [0.717, 1.165) is 0 Å². The number of carbonyl (C=O) groups excluding carboxylic acids is 1. The maximum absolute atomic E-state index is 10.8. The molecule has 1 unspecified atom stereocenters. The summed E-state index contributed by atoms with van der Waals surface area (Å²) in [6.07, 6.45) is 1.51. The lowest BCUT2D eigenvalue weighted by atomic mass is 10.2. The molecule has 3 N–H and O–H groups in total. The van der Waals surface area contributed by atoms with Crippen molar-refractivity contribution >= 4 is 11.6 Å². The second-order valence-electron chi connectivity index (χ2n) is 2.78. The molecule has 0 aromatic carbocycles. The largest absolute Gasteiger partial charge is 0.372 e.